The highest BCUT2D eigenvalue weighted by Crippen LogP contribution is 2.24. The van der Waals surface area contributed by atoms with Crippen LogP contribution in [0.4, 0.5) is 0 Å². The van der Waals surface area contributed by atoms with Crippen molar-refractivity contribution in [3.63, 3.8) is 0 Å². The van der Waals surface area contributed by atoms with E-state index in [-0.39, 0.29) is 23.3 Å². The molecule has 3 aromatic rings. The van der Waals surface area contributed by atoms with E-state index in [1.165, 1.54) is 6.26 Å². The van der Waals surface area contributed by atoms with E-state index in [0.29, 0.717) is 17.3 Å². The van der Waals surface area contributed by atoms with Crippen LogP contribution >= 0.6 is 0 Å². The molecule has 0 fully saturated rings. The number of amides is 1. The van der Waals surface area contributed by atoms with E-state index in [2.05, 4.69) is 4.98 Å². The Morgan fingerprint density at radius 1 is 1.10 bits per heavy atom. The van der Waals surface area contributed by atoms with Gasteiger partial charge < -0.3 is 9.32 Å². The zero-order chi connectivity index (χ0) is 21.2. The van der Waals surface area contributed by atoms with Crippen molar-refractivity contribution in [1.82, 2.24) is 9.88 Å². The van der Waals surface area contributed by atoms with Gasteiger partial charge in [0, 0.05) is 18.9 Å². The third-order valence-corrected chi connectivity index (χ3v) is 6.13. The number of oxazole rings is 1. The van der Waals surface area contributed by atoms with Crippen LogP contribution < -0.4 is 0 Å². The maximum absolute atomic E-state index is 12.8. The molecular formula is C22H24N2O4S. The first kappa shape index (κ1) is 20.8. The second kappa shape index (κ2) is 8.21. The minimum absolute atomic E-state index is 0.0966. The van der Waals surface area contributed by atoms with Crippen LogP contribution in [0.25, 0.3) is 11.5 Å². The Kier molecular flexibility index (Phi) is 5.88. The molecule has 0 aliphatic heterocycles. The predicted molar refractivity (Wildman–Crippen MR) is 111 cm³/mol. The number of benzene rings is 2. The summed E-state index contributed by atoms with van der Waals surface area (Å²) >= 11 is 0. The third-order valence-electron chi connectivity index (χ3n) is 5.00. The number of likely N-dealkylation sites (N-methyl/N-ethyl adjacent to an activating group) is 1. The third kappa shape index (κ3) is 4.74. The van der Waals surface area contributed by atoms with E-state index < -0.39 is 9.84 Å². The largest absolute Gasteiger partial charge is 0.441 e. The van der Waals surface area contributed by atoms with Gasteiger partial charge in [0.25, 0.3) is 0 Å². The molecule has 1 unspecified atom stereocenters. The van der Waals surface area contributed by atoms with Crippen LogP contribution in [0.3, 0.4) is 0 Å². The van der Waals surface area contributed by atoms with Gasteiger partial charge >= 0.3 is 0 Å². The van der Waals surface area contributed by atoms with Gasteiger partial charge in [-0.1, -0.05) is 30.3 Å². The molecule has 0 saturated carbocycles. The molecule has 0 spiro atoms. The topological polar surface area (TPSA) is 80.5 Å². The molecule has 0 bridgehead atoms. The highest BCUT2D eigenvalue weighted by molar-refractivity contribution is 7.90. The van der Waals surface area contributed by atoms with E-state index >= 15 is 0 Å². The number of hydrogen-bond donors (Lipinski definition) is 0. The van der Waals surface area contributed by atoms with E-state index in [1.807, 2.05) is 37.3 Å². The van der Waals surface area contributed by atoms with Crippen molar-refractivity contribution < 1.29 is 17.6 Å². The van der Waals surface area contributed by atoms with Crippen molar-refractivity contribution in [3.05, 3.63) is 71.6 Å². The summed E-state index contributed by atoms with van der Waals surface area (Å²) in [6.45, 7) is 3.70. The zero-order valence-electron chi connectivity index (χ0n) is 16.9. The minimum Gasteiger partial charge on any atom is -0.441 e. The summed E-state index contributed by atoms with van der Waals surface area (Å²) in [7, 11) is -1.52. The summed E-state index contributed by atoms with van der Waals surface area (Å²) in [4.78, 5) is 19.2. The second-order valence-corrected chi connectivity index (χ2v) is 9.10. The zero-order valence-corrected chi connectivity index (χ0v) is 17.7. The number of rotatable bonds is 6. The van der Waals surface area contributed by atoms with Gasteiger partial charge in [0.2, 0.25) is 11.8 Å². The fraction of sp³-hybridized carbons (Fsp3) is 0.273. The van der Waals surface area contributed by atoms with Crippen molar-refractivity contribution in [2.75, 3.05) is 13.3 Å². The average Bonchev–Trinajstić information content (AvgIpc) is 3.07. The lowest BCUT2D eigenvalue weighted by atomic mass is 10.1. The summed E-state index contributed by atoms with van der Waals surface area (Å²) in [5.41, 5.74) is 2.33. The van der Waals surface area contributed by atoms with Crippen LogP contribution in [0.1, 0.15) is 30.0 Å². The second-order valence-electron chi connectivity index (χ2n) is 7.09. The summed E-state index contributed by atoms with van der Waals surface area (Å²) in [6.07, 6.45) is 1.30. The monoisotopic (exact) mass is 412 g/mol. The first-order chi connectivity index (χ1) is 13.7. The minimum atomic E-state index is -3.25. The first-order valence-corrected chi connectivity index (χ1v) is 11.1. The molecule has 152 valence electrons. The van der Waals surface area contributed by atoms with Gasteiger partial charge in [-0.2, -0.15) is 0 Å². The Labute approximate surface area is 171 Å². The standard InChI is InChI=1S/C22H24N2O4S/c1-15(17-10-12-19(13-11-17)29(4,26)27)24(3)21(25)14-20-16(2)28-22(23-20)18-8-6-5-7-9-18/h5-13,15H,14H2,1-4H3. The van der Waals surface area contributed by atoms with Crippen LogP contribution in [-0.2, 0) is 21.1 Å². The van der Waals surface area contributed by atoms with Gasteiger partial charge in [0.05, 0.1) is 23.1 Å². The highest BCUT2D eigenvalue weighted by Gasteiger charge is 2.21. The van der Waals surface area contributed by atoms with E-state index in [9.17, 15) is 13.2 Å². The molecular weight excluding hydrogens is 388 g/mol. The van der Waals surface area contributed by atoms with Crippen molar-refractivity contribution in [2.45, 2.75) is 31.2 Å². The van der Waals surface area contributed by atoms with Crippen molar-refractivity contribution in [2.24, 2.45) is 0 Å². The van der Waals surface area contributed by atoms with E-state index in [4.69, 9.17) is 4.42 Å². The Balaban J connectivity index is 1.73. The van der Waals surface area contributed by atoms with Crippen LogP contribution in [0.2, 0.25) is 0 Å². The van der Waals surface area contributed by atoms with Gasteiger partial charge in [0.15, 0.2) is 9.84 Å². The Morgan fingerprint density at radius 2 is 1.72 bits per heavy atom. The molecule has 7 heteroatoms. The quantitative estimate of drug-likeness (QED) is 0.615. The van der Waals surface area contributed by atoms with Crippen LogP contribution in [-0.4, -0.2) is 37.5 Å². The van der Waals surface area contributed by atoms with Crippen LogP contribution in [0.5, 0.6) is 0 Å². The van der Waals surface area contributed by atoms with Crippen LogP contribution in [0.15, 0.2) is 63.9 Å². The summed E-state index contributed by atoms with van der Waals surface area (Å²) in [6, 6.07) is 15.9. The number of carbonyl (C=O) groups excluding carboxylic acids is 1. The Morgan fingerprint density at radius 3 is 2.31 bits per heavy atom. The fourth-order valence-electron chi connectivity index (χ4n) is 3.00. The van der Waals surface area contributed by atoms with Crippen molar-refractivity contribution in [1.29, 1.82) is 0 Å². The van der Waals surface area contributed by atoms with E-state index in [0.717, 1.165) is 11.1 Å². The number of sulfone groups is 1. The number of aromatic nitrogens is 1. The lowest BCUT2D eigenvalue weighted by Gasteiger charge is -2.25. The lowest BCUT2D eigenvalue weighted by Crippen LogP contribution is -2.31. The molecule has 0 saturated heterocycles. The molecule has 29 heavy (non-hydrogen) atoms. The van der Waals surface area contributed by atoms with Crippen molar-refractivity contribution >= 4 is 15.7 Å². The van der Waals surface area contributed by atoms with Gasteiger partial charge in [-0.05, 0) is 43.7 Å². The molecule has 3 rings (SSSR count). The van der Waals surface area contributed by atoms with Crippen molar-refractivity contribution in [3.8, 4) is 11.5 Å². The summed E-state index contributed by atoms with van der Waals surface area (Å²) < 4.78 is 29.0. The average molecular weight is 413 g/mol. The normalized spacial score (nSPS) is 12.6. The Bertz CT molecular complexity index is 1100. The van der Waals surface area contributed by atoms with Crippen LogP contribution in [0, 0.1) is 6.92 Å². The SMILES string of the molecule is Cc1oc(-c2ccccc2)nc1CC(=O)N(C)C(C)c1ccc(S(C)(=O)=O)cc1. The van der Waals surface area contributed by atoms with Gasteiger partial charge in [-0.25, -0.2) is 13.4 Å². The van der Waals surface area contributed by atoms with Gasteiger partial charge in [-0.3, -0.25) is 4.79 Å². The Hall–Kier alpha value is -2.93. The predicted octanol–water partition coefficient (Wildman–Crippen LogP) is 3.82. The molecule has 0 aliphatic rings. The number of aryl methyl sites for hydroxylation is 1. The maximum atomic E-state index is 12.8. The summed E-state index contributed by atoms with van der Waals surface area (Å²) in [5.74, 6) is 1.02. The molecule has 1 heterocycles. The molecule has 1 amide bonds. The first-order valence-electron chi connectivity index (χ1n) is 9.24. The number of hydrogen-bond acceptors (Lipinski definition) is 5. The molecule has 0 aliphatic carbocycles. The van der Waals surface area contributed by atoms with Gasteiger partial charge in [0.1, 0.15) is 5.76 Å². The lowest BCUT2D eigenvalue weighted by molar-refractivity contribution is -0.131. The maximum Gasteiger partial charge on any atom is 0.228 e. The highest BCUT2D eigenvalue weighted by atomic mass is 32.2. The molecule has 1 aromatic heterocycles. The molecule has 6 nitrogen and oxygen atoms in total. The van der Waals surface area contributed by atoms with E-state index in [1.54, 1.807) is 43.1 Å². The summed E-state index contributed by atoms with van der Waals surface area (Å²) in [5, 5.41) is 0. The number of nitrogens with zero attached hydrogens (tertiary/aromatic N) is 2. The molecule has 0 radical (unpaired) electrons. The molecule has 2 aromatic carbocycles. The fourth-order valence-corrected chi connectivity index (χ4v) is 3.63. The van der Waals surface area contributed by atoms with Gasteiger partial charge in [-0.15, -0.1) is 0 Å². The number of carbonyl (C=O) groups is 1. The molecule has 0 N–H and O–H groups in total. The smallest absolute Gasteiger partial charge is 0.228 e. The molecule has 1 atom stereocenters.